The number of amides is 1. The summed E-state index contributed by atoms with van der Waals surface area (Å²) in [5.74, 6) is -0.178. The number of anilines is 2. The van der Waals surface area contributed by atoms with Gasteiger partial charge in [-0.1, -0.05) is 12.1 Å². The lowest BCUT2D eigenvalue weighted by molar-refractivity contribution is -0.137. The molecule has 1 aromatic carbocycles. The molecule has 0 saturated heterocycles. The van der Waals surface area contributed by atoms with Gasteiger partial charge in [0.05, 0.1) is 5.56 Å². The number of carbonyl (C=O) groups is 2. The summed E-state index contributed by atoms with van der Waals surface area (Å²) in [7, 11) is 0. The Hall–Kier alpha value is -3.40. The van der Waals surface area contributed by atoms with Crippen LogP contribution in [-0.2, 0) is 17.8 Å². The SMILES string of the molecule is CC(CCC(=O)O)NC(=O)c1ccc(CNCC2CNc3nc(N)[nH]c(=O)c3C2)cc1. The maximum Gasteiger partial charge on any atom is 0.303 e. The van der Waals surface area contributed by atoms with Crippen molar-refractivity contribution in [3.63, 3.8) is 0 Å². The minimum absolute atomic E-state index is 0.0209. The van der Waals surface area contributed by atoms with Crippen LogP contribution in [0.4, 0.5) is 11.8 Å². The first-order chi connectivity index (χ1) is 14.8. The number of fused-ring (bicyclic) bond motifs is 1. The fourth-order valence-corrected chi connectivity index (χ4v) is 3.51. The summed E-state index contributed by atoms with van der Waals surface area (Å²) in [5, 5.41) is 18.1. The number of rotatable bonds is 9. The molecule has 166 valence electrons. The number of nitrogens with two attached hydrogens (primary N) is 1. The van der Waals surface area contributed by atoms with Gasteiger partial charge in [-0.05, 0) is 43.4 Å². The van der Waals surface area contributed by atoms with Gasteiger partial charge in [-0.15, -0.1) is 0 Å². The smallest absolute Gasteiger partial charge is 0.303 e. The molecule has 10 heteroatoms. The van der Waals surface area contributed by atoms with Crippen LogP contribution in [0.2, 0.25) is 0 Å². The molecule has 7 N–H and O–H groups in total. The van der Waals surface area contributed by atoms with Crippen molar-refractivity contribution in [2.45, 2.75) is 38.8 Å². The topological polar surface area (TPSA) is 162 Å². The predicted molar refractivity (Wildman–Crippen MR) is 117 cm³/mol. The van der Waals surface area contributed by atoms with E-state index in [0.717, 1.165) is 12.1 Å². The molecule has 1 amide bonds. The molecule has 1 aliphatic rings. The number of carboxylic acid groups (broad SMARTS) is 1. The van der Waals surface area contributed by atoms with E-state index in [-0.39, 0.29) is 35.8 Å². The number of aliphatic carboxylic acids is 1. The van der Waals surface area contributed by atoms with Crippen molar-refractivity contribution in [2.24, 2.45) is 5.92 Å². The molecule has 0 aliphatic carbocycles. The highest BCUT2D eigenvalue weighted by Crippen LogP contribution is 2.19. The van der Waals surface area contributed by atoms with Crippen molar-refractivity contribution in [3.8, 4) is 0 Å². The minimum atomic E-state index is -0.876. The number of nitrogen functional groups attached to an aromatic ring is 1. The number of benzene rings is 1. The van der Waals surface area contributed by atoms with E-state index in [2.05, 4.69) is 25.9 Å². The summed E-state index contributed by atoms with van der Waals surface area (Å²) < 4.78 is 0. The van der Waals surface area contributed by atoms with Crippen molar-refractivity contribution < 1.29 is 14.7 Å². The Balaban J connectivity index is 1.45. The first kappa shape index (κ1) is 22.3. The number of carboxylic acids is 1. The first-order valence-corrected chi connectivity index (χ1v) is 10.3. The van der Waals surface area contributed by atoms with Crippen LogP contribution in [0.25, 0.3) is 0 Å². The van der Waals surface area contributed by atoms with Gasteiger partial charge < -0.3 is 26.8 Å². The Labute approximate surface area is 179 Å². The second-order valence-corrected chi connectivity index (χ2v) is 7.86. The van der Waals surface area contributed by atoms with Crippen LogP contribution in [0.3, 0.4) is 0 Å². The molecule has 31 heavy (non-hydrogen) atoms. The molecule has 0 radical (unpaired) electrons. The number of aromatic amines is 1. The number of aromatic nitrogens is 2. The molecule has 10 nitrogen and oxygen atoms in total. The molecule has 0 spiro atoms. The quantitative estimate of drug-likeness (QED) is 0.340. The van der Waals surface area contributed by atoms with Crippen molar-refractivity contribution in [3.05, 3.63) is 51.3 Å². The van der Waals surface area contributed by atoms with E-state index in [1.807, 2.05) is 12.1 Å². The lowest BCUT2D eigenvalue weighted by atomic mass is 9.96. The zero-order valence-corrected chi connectivity index (χ0v) is 17.4. The van der Waals surface area contributed by atoms with Gasteiger partial charge in [0.1, 0.15) is 5.82 Å². The monoisotopic (exact) mass is 428 g/mol. The first-order valence-electron chi connectivity index (χ1n) is 10.3. The molecule has 0 fully saturated rings. The van der Waals surface area contributed by atoms with Crippen LogP contribution in [0.5, 0.6) is 0 Å². The number of nitrogens with zero attached hydrogens (tertiary/aromatic N) is 1. The molecular weight excluding hydrogens is 400 g/mol. The standard InChI is InChI=1S/C21H28N6O4/c1-12(2-7-17(28)29)25-19(30)15-5-3-13(4-6-15)9-23-10-14-8-16-18(24-11-14)26-21(22)27-20(16)31/h3-6,12,14,23H,2,7-11H2,1H3,(H,25,30)(H,28,29)(H4,22,24,26,27,31). The van der Waals surface area contributed by atoms with E-state index in [1.54, 1.807) is 19.1 Å². The molecule has 1 aromatic heterocycles. The molecule has 2 atom stereocenters. The van der Waals surface area contributed by atoms with E-state index in [1.165, 1.54) is 0 Å². The maximum absolute atomic E-state index is 12.3. The molecule has 2 aromatic rings. The number of hydrogen-bond acceptors (Lipinski definition) is 7. The summed E-state index contributed by atoms with van der Waals surface area (Å²) in [4.78, 5) is 41.6. The largest absolute Gasteiger partial charge is 0.481 e. The number of hydrogen-bond donors (Lipinski definition) is 6. The van der Waals surface area contributed by atoms with Crippen LogP contribution in [-0.4, -0.2) is 46.1 Å². The molecule has 1 aliphatic heterocycles. The Morgan fingerprint density at radius 1 is 1.32 bits per heavy atom. The average Bonchev–Trinajstić information content (AvgIpc) is 2.73. The van der Waals surface area contributed by atoms with E-state index in [9.17, 15) is 14.4 Å². The number of carbonyl (C=O) groups excluding carboxylic acids is 1. The van der Waals surface area contributed by atoms with Gasteiger partial charge >= 0.3 is 5.97 Å². The highest BCUT2D eigenvalue weighted by molar-refractivity contribution is 5.94. The van der Waals surface area contributed by atoms with Crippen LogP contribution >= 0.6 is 0 Å². The molecule has 2 unspecified atom stereocenters. The second-order valence-electron chi connectivity index (χ2n) is 7.86. The van der Waals surface area contributed by atoms with Crippen molar-refractivity contribution in [2.75, 3.05) is 24.1 Å². The van der Waals surface area contributed by atoms with E-state index in [4.69, 9.17) is 10.8 Å². The van der Waals surface area contributed by atoms with E-state index < -0.39 is 5.97 Å². The maximum atomic E-state index is 12.3. The van der Waals surface area contributed by atoms with Crippen molar-refractivity contribution in [1.82, 2.24) is 20.6 Å². The van der Waals surface area contributed by atoms with E-state index >= 15 is 0 Å². The molecule has 0 saturated carbocycles. The van der Waals surface area contributed by atoms with Gasteiger partial charge in [0, 0.05) is 37.7 Å². The van der Waals surface area contributed by atoms with Gasteiger partial charge in [0.2, 0.25) is 5.95 Å². The highest BCUT2D eigenvalue weighted by atomic mass is 16.4. The van der Waals surface area contributed by atoms with Gasteiger partial charge in [0.25, 0.3) is 11.5 Å². The van der Waals surface area contributed by atoms with Gasteiger partial charge in [0.15, 0.2) is 0 Å². The molecule has 3 rings (SSSR count). The third kappa shape index (κ3) is 6.29. The number of nitrogens with one attached hydrogen (secondary N) is 4. The summed E-state index contributed by atoms with van der Waals surface area (Å²) in [5.41, 5.74) is 7.56. The van der Waals surface area contributed by atoms with Gasteiger partial charge in [-0.3, -0.25) is 19.4 Å². The van der Waals surface area contributed by atoms with Crippen LogP contribution < -0.4 is 27.2 Å². The highest BCUT2D eigenvalue weighted by Gasteiger charge is 2.22. The zero-order chi connectivity index (χ0) is 22.4. The summed E-state index contributed by atoms with van der Waals surface area (Å²) in [6, 6.07) is 7.07. The Morgan fingerprint density at radius 2 is 2.06 bits per heavy atom. The van der Waals surface area contributed by atoms with Gasteiger partial charge in [-0.25, -0.2) is 0 Å². The lowest BCUT2D eigenvalue weighted by Gasteiger charge is -2.25. The van der Waals surface area contributed by atoms with Crippen LogP contribution in [0, 0.1) is 5.92 Å². The summed E-state index contributed by atoms with van der Waals surface area (Å²) in [6.07, 6.45) is 1.03. The molecule has 0 bridgehead atoms. The Kier molecular flexibility index (Phi) is 7.24. The Bertz CT molecular complexity index is 988. The normalized spacial score (nSPS) is 16.1. The number of H-pyrrole nitrogens is 1. The third-order valence-electron chi connectivity index (χ3n) is 5.23. The Morgan fingerprint density at radius 3 is 2.77 bits per heavy atom. The van der Waals surface area contributed by atoms with Crippen LogP contribution in [0.15, 0.2) is 29.1 Å². The van der Waals surface area contributed by atoms with Crippen LogP contribution in [0.1, 0.15) is 41.3 Å². The van der Waals surface area contributed by atoms with Crippen molar-refractivity contribution >= 4 is 23.6 Å². The molecular formula is C21H28N6O4. The van der Waals surface area contributed by atoms with E-state index in [0.29, 0.717) is 42.9 Å². The summed E-state index contributed by atoms with van der Waals surface area (Å²) >= 11 is 0. The average molecular weight is 428 g/mol. The fraction of sp³-hybridized carbons (Fsp3) is 0.429. The minimum Gasteiger partial charge on any atom is -0.481 e. The zero-order valence-electron chi connectivity index (χ0n) is 17.4. The molecule has 2 heterocycles. The third-order valence-corrected chi connectivity index (χ3v) is 5.23. The van der Waals surface area contributed by atoms with Crippen molar-refractivity contribution in [1.29, 1.82) is 0 Å². The summed E-state index contributed by atoms with van der Waals surface area (Å²) in [6.45, 7) is 3.85. The second kappa shape index (κ2) is 10.1. The fourth-order valence-electron chi connectivity index (χ4n) is 3.51. The lowest BCUT2D eigenvalue weighted by Crippen LogP contribution is -2.36. The predicted octanol–water partition coefficient (Wildman–Crippen LogP) is 0.709. The van der Waals surface area contributed by atoms with Gasteiger partial charge in [-0.2, -0.15) is 4.98 Å².